The molecule has 0 saturated carbocycles. The molecule has 2 N–H and O–H groups in total. The smallest absolute Gasteiger partial charge is 0.286 e. The lowest BCUT2D eigenvalue weighted by atomic mass is 10.2. The van der Waals surface area contributed by atoms with Crippen molar-refractivity contribution in [3.63, 3.8) is 0 Å². The highest BCUT2D eigenvalue weighted by Crippen LogP contribution is 2.24. The molecule has 0 bridgehead atoms. The van der Waals surface area contributed by atoms with Crippen LogP contribution < -0.4 is 10.6 Å². The highest BCUT2D eigenvalue weighted by atomic mass is 32.2. The molecule has 2 aromatic rings. The van der Waals surface area contributed by atoms with Crippen LogP contribution in [0.25, 0.3) is 0 Å². The molecule has 3 rings (SSSR count). The van der Waals surface area contributed by atoms with Gasteiger partial charge in [0.2, 0.25) is 0 Å². The minimum Gasteiger partial charge on any atom is -0.459 e. The van der Waals surface area contributed by atoms with E-state index in [1.807, 2.05) is 0 Å². The van der Waals surface area contributed by atoms with Gasteiger partial charge in [0, 0.05) is 18.7 Å². The van der Waals surface area contributed by atoms with Crippen LogP contribution in [0.4, 0.5) is 0 Å². The summed E-state index contributed by atoms with van der Waals surface area (Å²) in [7, 11) is -3.60. The maximum absolute atomic E-state index is 11.9. The summed E-state index contributed by atoms with van der Waals surface area (Å²) in [6, 6.07) is 9.91. The first kappa shape index (κ1) is 15.3. The van der Waals surface area contributed by atoms with Gasteiger partial charge in [0.25, 0.3) is 15.9 Å². The van der Waals surface area contributed by atoms with Crippen LogP contribution in [0, 0.1) is 0 Å². The molecule has 0 fully saturated rings. The number of hydrogen-bond donors (Lipinski definition) is 2. The van der Waals surface area contributed by atoms with Crippen LogP contribution in [0.5, 0.6) is 0 Å². The van der Waals surface area contributed by atoms with Crippen LogP contribution in [0.15, 0.2) is 56.4 Å². The third-order valence-electron chi connectivity index (χ3n) is 3.31. The van der Waals surface area contributed by atoms with E-state index in [1.54, 1.807) is 30.3 Å². The van der Waals surface area contributed by atoms with Gasteiger partial charge in [-0.25, -0.2) is 0 Å². The molecule has 1 aliphatic heterocycles. The van der Waals surface area contributed by atoms with Crippen LogP contribution in [0.1, 0.15) is 22.5 Å². The van der Waals surface area contributed by atoms with Gasteiger partial charge in [-0.1, -0.05) is 12.1 Å². The second-order valence-electron chi connectivity index (χ2n) is 4.92. The van der Waals surface area contributed by atoms with Gasteiger partial charge in [-0.3, -0.25) is 4.79 Å². The average molecular weight is 333 g/mol. The van der Waals surface area contributed by atoms with Crippen molar-refractivity contribution in [3.05, 3.63) is 54.0 Å². The number of rotatable bonds is 5. The van der Waals surface area contributed by atoms with Crippen molar-refractivity contribution in [2.45, 2.75) is 11.3 Å². The number of nitrogens with one attached hydrogen (secondary N) is 2. The highest BCUT2D eigenvalue weighted by molar-refractivity contribution is 7.90. The van der Waals surface area contributed by atoms with E-state index >= 15 is 0 Å². The summed E-state index contributed by atoms with van der Waals surface area (Å²) >= 11 is 0. The first-order chi connectivity index (χ1) is 11.1. The number of benzene rings is 1. The first-order valence-corrected chi connectivity index (χ1v) is 8.52. The average Bonchev–Trinajstić information content (AvgIpc) is 3.15. The van der Waals surface area contributed by atoms with Gasteiger partial charge in [0.05, 0.1) is 6.26 Å². The maximum Gasteiger partial charge on any atom is 0.286 e. The normalized spacial score (nSPS) is 14.9. The molecule has 1 aliphatic rings. The predicted molar refractivity (Wildman–Crippen MR) is 83.8 cm³/mol. The molecular weight excluding hydrogens is 318 g/mol. The zero-order valence-corrected chi connectivity index (χ0v) is 13.0. The summed E-state index contributed by atoms with van der Waals surface area (Å²) in [5.41, 5.74) is 0.576. The van der Waals surface area contributed by atoms with E-state index in [1.165, 1.54) is 12.3 Å². The summed E-state index contributed by atoms with van der Waals surface area (Å²) < 4.78 is 32.5. The summed E-state index contributed by atoms with van der Waals surface area (Å²) in [6.07, 6.45) is 2.06. The Morgan fingerprint density at radius 2 is 1.96 bits per heavy atom. The van der Waals surface area contributed by atoms with Crippen LogP contribution in [0.2, 0.25) is 0 Å². The number of nitrogens with zero attached hydrogens (tertiary/aromatic N) is 1. The number of hydrogen-bond acceptors (Lipinski definition) is 5. The van der Waals surface area contributed by atoms with E-state index in [-0.39, 0.29) is 16.6 Å². The molecule has 0 radical (unpaired) electrons. The van der Waals surface area contributed by atoms with Crippen molar-refractivity contribution in [1.82, 2.24) is 10.6 Å². The summed E-state index contributed by atoms with van der Waals surface area (Å²) in [5, 5.41) is 5.71. The minimum absolute atomic E-state index is 0.216. The van der Waals surface area contributed by atoms with Gasteiger partial charge in [-0.05, 0) is 30.7 Å². The fraction of sp³-hybridized carbons (Fsp3) is 0.200. The lowest BCUT2D eigenvalue weighted by molar-refractivity contribution is 0.0925. The molecule has 0 spiro atoms. The molecule has 1 aromatic heterocycles. The lowest BCUT2D eigenvalue weighted by Gasteiger charge is -2.07. The van der Waals surface area contributed by atoms with E-state index < -0.39 is 10.0 Å². The van der Waals surface area contributed by atoms with Gasteiger partial charge in [0.1, 0.15) is 10.7 Å². The molecule has 0 unspecified atom stereocenters. The van der Waals surface area contributed by atoms with Crippen molar-refractivity contribution in [2.24, 2.45) is 4.40 Å². The second kappa shape index (κ2) is 6.25. The summed E-state index contributed by atoms with van der Waals surface area (Å²) in [4.78, 5) is 11.9. The van der Waals surface area contributed by atoms with Gasteiger partial charge >= 0.3 is 0 Å². The van der Waals surface area contributed by atoms with Crippen LogP contribution in [-0.2, 0) is 10.0 Å². The number of amides is 1. The molecule has 1 amide bonds. The third kappa shape index (κ3) is 3.26. The number of carbonyl (C=O) groups excluding carboxylic acids is 1. The van der Waals surface area contributed by atoms with Gasteiger partial charge in [-0.2, -0.15) is 8.42 Å². The molecule has 8 heteroatoms. The topological polar surface area (TPSA) is 101 Å². The molecule has 2 heterocycles. The highest BCUT2D eigenvalue weighted by Gasteiger charge is 2.27. The van der Waals surface area contributed by atoms with Crippen molar-refractivity contribution < 1.29 is 17.6 Å². The number of furan rings is 1. The Morgan fingerprint density at radius 1 is 1.13 bits per heavy atom. The van der Waals surface area contributed by atoms with E-state index in [2.05, 4.69) is 15.0 Å². The Bertz CT molecular complexity index is 841. The molecule has 1 aromatic carbocycles. The standard InChI is InChI=1S/C15H15N3O4S/c19-15(12-6-3-10-22-12)17-9-4-8-16-14-11-5-1-2-7-13(11)23(20,21)18-14/h1-3,5-7,10H,4,8-9H2,(H,16,18)(H,17,19). The van der Waals surface area contributed by atoms with Gasteiger partial charge < -0.3 is 15.1 Å². The Hall–Kier alpha value is -2.61. The molecule has 23 heavy (non-hydrogen) atoms. The molecule has 0 aliphatic carbocycles. The second-order valence-corrected chi connectivity index (χ2v) is 6.50. The van der Waals surface area contributed by atoms with Crippen molar-refractivity contribution in [1.29, 1.82) is 0 Å². The number of sulfonamides is 1. The number of carbonyl (C=O) groups is 1. The zero-order valence-electron chi connectivity index (χ0n) is 12.2. The minimum atomic E-state index is -3.60. The fourth-order valence-electron chi connectivity index (χ4n) is 2.23. The Morgan fingerprint density at radius 3 is 2.74 bits per heavy atom. The fourth-order valence-corrected chi connectivity index (χ4v) is 3.42. The summed E-state index contributed by atoms with van der Waals surface area (Å²) in [5.74, 6) is 0.331. The van der Waals surface area contributed by atoms with Crippen molar-refractivity contribution >= 4 is 21.8 Å². The van der Waals surface area contributed by atoms with Gasteiger partial charge in [-0.15, -0.1) is 4.40 Å². The Kier molecular flexibility index (Phi) is 4.16. The number of amidine groups is 1. The van der Waals surface area contributed by atoms with Crippen molar-refractivity contribution in [3.8, 4) is 0 Å². The molecule has 120 valence electrons. The first-order valence-electron chi connectivity index (χ1n) is 7.08. The Balaban J connectivity index is 1.49. The third-order valence-corrected chi connectivity index (χ3v) is 4.64. The van der Waals surface area contributed by atoms with Gasteiger partial charge in [0.15, 0.2) is 5.76 Å². The van der Waals surface area contributed by atoms with Crippen molar-refractivity contribution in [2.75, 3.05) is 13.1 Å². The monoisotopic (exact) mass is 333 g/mol. The Labute approximate surface area is 133 Å². The van der Waals surface area contributed by atoms with Crippen LogP contribution >= 0.6 is 0 Å². The zero-order chi connectivity index (χ0) is 16.3. The maximum atomic E-state index is 11.9. The predicted octanol–water partition coefficient (Wildman–Crippen LogP) is 1.14. The van der Waals surface area contributed by atoms with Crippen LogP contribution in [-0.4, -0.2) is 33.3 Å². The van der Waals surface area contributed by atoms with Crippen LogP contribution in [0.3, 0.4) is 0 Å². The molecule has 0 atom stereocenters. The SMILES string of the molecule is O=C(NCCCNC1=NS(=O)(=O)c2ccccc21)c1ccco1. The number of fused-ring (bicyclic) bond motifs is 1. The van der Waals surface area contributed by atoms with E-state index in [9.17, 15) is 13.2 Å². The molecule has 0 saturated heterocycles. The largest absolute Gasteiger partial charge is 0.459 e. The molecular formula is C15H15N3O4S. The van der Waals surface area contributed by atoms with E-state index in [4.69, 9.17) is 4.42 Å². The van der Waals surface area contributed by atoms with E-state index in [0.717, 1.165) is 0 Å². The quantitative estimate of drug-likeness (QED) is 0.799. The molecule has 7 nitrogen and oxygen atoms in total. The lowest BCUT2D eigenvalue weighted by Crippen LogP contribution is -2.29. The van der Waals surface area contributed by atoms with E-state index in [0.29, 0.717) is 30.9 Å². The summed E-state index contributed by atoms with van der Waals surface area (Å²) in [6.45, 7) is 0.926.